The van der Waals surface area contributed by atoms with Crippen molar-refractivity contribution in [2.45, 2.75) is 46.6 Å². The molecule has 0 N–H and O–H groups in total. The summed E-state index contributed by atoms with van der Waals surface area (Å²) in [5, 5.41) is 18.7. The third-order valence-electron chi connectivity index (χ3n) is 4.27. The van der Waals surface area contributed by atoms with Gasteiger partial charge in [-0.15, -0.1) is 11.3 Å². The van der Waals surface area contributed by atoms with Crippen LogP contribution in [-0.4, -0.2) is 30.7 Å². The number of thiazole rings is 1. The Morgan fingerprint density at radius 1 is 1.23 bits per heavy atom. The van der Waals surface area contributed by atoms with E-state index in [1.54, 1.807) is 36.6 Å². The molecule has 1 aromatic carbocycles. The van der Waals surface area contributed by atoms with Gasteiger partial charge in [0.25, 0.3) is 0 Å². The van der Waals surface area contributed by atoms with Gasteiger partial charge in [-0.3, -0.25) is 0 Å². The Morgan fingerprint density at radius 2 is 1.97 bits per heavy atom. The summed E-state index contributed by atoms with van der Waals surface area (Å²) >= 11 is 1.57. The zero-order valence-corrected chi connectivity index (χ0v) is 19.8. The lowest BCUT2D eigenvalue weighted by atomic mass is 9.95. The summed E-state index contributed by atoms with van der Waals surface area (Å²) in [6, 6.07) is 7.13. The molecule has 0 aliphatic carbocycles. The van der Waals surface area contributed by atoms with Crippen LogP contribution in [-0.2, 0) is 16.7 Å². The van der Waals surface area contributed by atoms with E-state index in [4.69, 9.17) is 14.5 Å². The van der Waals surface area contributed by atoms with E-state index in [1.165, 1.54) is 4.88 Å². The summed E-state index contributed by atoms with van der Waals surface area (Å²) in [5.41, 5.74) is 0.906. The molecular formula is C23H29N5O2S. The minimum atomic E-state index is -0.0289. The van der Waals surface area contributed by atoms with E-state index >= 15 is 0 Å². The Morgan fingerprint density at radius 3 is 2.55 bits per heavy atom. The quantitative estimate of drug-likeness (QED) is 0.279. The molecule has 0 aliphatic rings. The van der Waals surface area contributed by atoms with Crippen molar-refractivity contribution in [3.05, 3.63) is 45.2 Å². The zero-order valence-electron chi connectivity index (χ0n) is 19.0. The molecule has 2 rings (SSSR count). The number of amidine groups is 1. The Labute approximate surface area is 187 Å². The van der Waals surface area contributed by atoms with Gasteiger partial charge in [0, 0.05) is 24.7 Å². The van der Waals surface area contributed by atoms with Crippen LogP contribution in [0.15, 0.2) is 34.4 Å². The van der Waals surface area contributed by atoms with Crippen molar-refractivity contribution in [3.8, 4) is 18.0 Å². The summed E-state index contributed by atoms with van der Waals surface area (Å²) in [7, 11) is 1.60. The first-order chi connectivity index (χ1) is 14.7. The van der Waals surface area contributed by atoms with Crippen LogP contribution in [0.2, 0.25) is 0 Å². The van der Waals surface area contributed by atoms with Crippen molar-refractivity contribution in [3.63, 3.8) is 0 Å². The fourth-order valence-electron chi connectivity index (χ4n) is 2.76. The van der Waals surface area contributed by atoms with E-state index < -0.39 is 0 Å². The van der Waals surface area contributed by atoms with Crippen LogP contribution < -0.4 is 9.54 Å². The molecule has 8 heteroatoms. The minimum absolute atomic E-state index is 0.0289. The lowest BCUT2D eigenvalue weighted by Crippen LogP contribution is -2.19. The van der Waals surface area contributed by atoms with Gasteiger partial charge < -0.3 is 14.0 Å². The molecule has 1 heterocycles. The molecule has 0 unspecified atom stereocenters. The minimum Gasteiger partial charge on any atom is -0.490 e. The van der Waals surface area contributed by atoms with Gasteiger partial charge in [-0.1, -0.05) is 34.6 Å². The molecule has 31 heavy (non-hydrogen) atoms. The second-order valence-electron chi connectivity index (χ2n) is 8.49. The number of nitrogens with zero attached hydrogens (tertiary/aromatic N) is 5. The molecule has 0 bridgehead atoms. The molecule has 164 valence electrons. The number of nitriles is 2. The Kier molecular flexibility index (Phi) is 8.56. The highest BCUT2D eigenvalue weighted by Crippen LogP contribution is 2.25. The summed E-state index contributed by atoms with van der Waals surface area (Å²) in [5.74, 6) is 1.14. The van der Waals surface area contributed by atoms with E-state index in [0.717, 1.165) is 11.3 Å². The van der Waals surface area contributed by atoms with Crippen molar-refractivity contribution in [1.82, 2.24) is 4.57 Å². The molecule has 0 spiro atoms. The first-order valence-corrected chi connectivity index (χ1v) is 10.9. The standard InChI is InChI=1S/C23H29N5O2S/c1-16(2)13-28-14-20(23(3,4)5)31-22(28)27-21(26-15-25)18-11-17(12-24)7-8-19(18)30-10-9-29-6/h7-8,11,14,16H,9-10,13H2,1-6H3/b26-21?,27-22-. The molecule has 0 aliphatic heterocycles. The summed E-state index contributed by atoms with van der Waals surface area (Å²) in [4.78, 5) is 10.7. The van der Waals surface area contributed by atoms with E-state index in [1.807, 2.05) is 6.19 Å². The van der Waals surface area contributed by atoms with E-state index in [0.29, 0.717) is 36.0 Å². The van der Waals surface area contributed by atoms with Crippen LogP contribution in [0.5, 0.6) is 5.75 Å². The molecule has 0 radical (unpaired) electrons. The van der Waals surface area contributed by atoms with Crippen molar-refractivity contribution in [2.24, 2.45) is 15.9 Å². The Bertz CT molecular complexity index is 1080. The maximum absolute atomic E-state index is 9.36. The van der Waals surface area contributed by atoms with E-state index in [9.17, 15) is 10.5 Å². The topological polar surface area (TPSA) is 95.7 Å². The normalized spacial score (nSPS) is 12.7. The van der Waals surface area contributed by atoms with Gasteiger partial charge in [0.1, 0.15) is 12.4 Å². The molecule has 7 nitrogen and oxygen atoms in total. The monoisotopic (exact) mass is 439 g/mol. The van der Waals surface area contributed by atoms with Crippen molar-refractivity contribution in [2.75, 3.05) is 20.3 Å². The highest BCUT2D eigenvalue weighted by molar-refractivity contribution is 7.09. The molecule has 0 saturated heterocycles. The van der Waals surface area contributed by atoms with Gasteiger partial charge >= 0.3 is 0 Å². The van der Waals surface area contributed by atoms with Gasteiger partial charge in [0.2, 0.25) is 6.19 Å². The average Bonchev–Trinajstić information content (AvgIpc) is 3.10. The summed E-state index contributed by atoms with van der Waals surface area (Å²) in [6.45, 7) is 12.3. The first-order valence-electron chi connectivity index (χ1n) is 10.1. The lowest BCUT2D eigenvalue weighted by Gasteiger charge is -2.14. The maximum Gasteiger partial charge on any atom is 0.207 e. The number of rotatable bonds is 7. The van der Waals surface area contributed by atoms with E-state index in [2.05, 4.69) is 56.4 Å². The lowest BCUT2D eigenvalue weighted by molar-refractivity contribution is 0.146. The number of hydrogen-bond donors (Lipinski definition) is 0. The average molecular weight is 440 g/mol. The number of benzene rings is 1. The predicted molar refractivity (Wildman–Crippen MR) is 122 cm³/mol. The van der Waals surface area contributed by atoms with Crippen LogP contribution in [0.3, 0.4) is 0 Å². The smallest absolute Gasteiger partial charge is 0.207 e. The molecule has 0 fully saturated rings. The Balaban J connectivity index is 2.66. The number of methoxy groups -OCH3 is 1. The second-order valence-corrected chi connectivity index (χ2v) is 9.49. The molecule has 0 amide bonds. The van der Waals surface area contributed by atoms with Crippen LogP contribution >= 0.6 is 11.3 Å². The van der Waals surface area contributed by atoms with Crippen LogP contribution in [0, 0.1) is 28.7 Å². The summed E-state index contributed by atoms with van der Waals surface area (Å²) < 4.78 is 13.0. The van der Waals surface area contributed by atoms with Crippen LogP contribution in [0.1, 0.15) is 50.6 Å². The Hall–Kier alpha value is -2.94. The first kappa shape index (κ1) is 24.3. The molecular weight excluding hydrogens is 410 g/mol. The zero-order chi connectivity index (χ0) is 23.0. The molecule has 0 atom stereocenters. The highest BCUT2D eigenvalue weighted by atomic mass is 32.1. The predicted octanol–water partition coefficient (Wildman–Crippen LogP) is 4.23. The fraction of sp³-hybridized carbons (Fsp3) is 0.478. The molecule has 0 saturated carbocycles. The number of aromatic nitrogens is 1. The largest absolute Gasteiger partial charge is 0.490 e. The summed E-state index contributed by atoms with van der Waals surface area (Å²) in [6.07, 6.45) is 3.96. The number of ether oxygens (including phenoxy) is 2. The van der Waals surface area contributed by atoms with Crippen molar-refractivity contribution in [1.29, 1.82) is 10.5 Å². The van der Waals surface area contributed by atoms with Crippen LogP contribution in [0.4, 0.5) is 0 Å². The highest BCUT2D eigenvalue weighted by Gasteiger charge is 2.19. The number of hydrogen-bond acceptors (Lipinski definition) is 6. The molecule has 1 aromatic heterocycles. The van der Waals surface area contributed by atoms with Crippen molar-refractivity contribution >= 4 is 17.2 Å². The third-order valence-corrected chi connectivity index (χ3v) is 5.72. The second kappa shape index (κ2) is 10.9. The number of aliphatic imine (C=N–C) groups is 1. The van der Waals surface area contributed by atoms with Gasteiger partial charge in [-0.2, -0.15) is 20.5 Å². The third kappa shape index (κ3) is 6.78. The van der Waals surface area contributed by atoms with E-state index in [-0.39, 0.29) is 11.3 Å². The maximum atomic E-state index is 9.36. The van der Waals surface area contributed by atoms with Gasteiger partial charge in [-0.25, -0.2) is 0 Å². The SMILES string of the molecule is COCCOc1ccc(C#N)cc1C(=NC#N)/N=c1\sc(C(C)(C)C)cn1CC(C)C. The van der Waals surface area contributed by atoms with Crippen molar-refractivity contribution < 1.29 is 9.47 Å². The van der Waals surface area contributed by atoms with Crippen LogP contribution in [0.25, 0.3) is 0 Å². The van der Waals surface area contributed by atoms with Gasteiger partial charge in [0.15, 0.2) is 10.6 Å². The fourth-order valence-corrected chi connectivity index (χ4v) is 3.82. The van der Waals surface area contributed by atoms with Gasteiger partial charge in [-0.05, 0) is 29.5 Å². The molecule has 2 aromatic rings. The van der Waals surface area contributed by atoms with Gasteiger partial charge in [0.05, 0.1) is 23.8 Å².